The molecule has 1 heterocycles. The van der Waals surface area contributed by atoms with E-state index in [4.69, 9.17) is 15.5 Å². The number of methoxy groups -OCH3 is 1. The summed E-state index contributed by atoms with van der Waals surface area (Å²) in [5.74, 6) is 0.924. The first-order chi connectivity index (χ1) is 16.1. The van der Waals surface area contributed by atoms with Gasteiger partial charge in [-0.15, -0.1) is 0 Å². The number of nitrogens with zero attached hydrogens (tertiary/aromatic N) is 3. The van der Waals surface area contributed by atoms with E-state index < -0.39 is 0 Å². The number of nitrogens with two attached hydrogens (primary N) is 1. The van der Waals surface area contributed by atoms with Crippen LogP contribution >= 0.6 is 0 Å². The van der Waals surface area contributed by atoms with Gasteiger partial charge in [-0.3, -0.25) is 14.2 Å². The van der Waals surface area contributed by atoms with E-state index in [-0.39, 0.29) is 23.4 Å². The van der Waals surface area contributed by atoms with Crippen LogP contribution in [0.15, 0.2) is 29.1 Å². The molecular weight excluding hydrogens is 416 g/mol. The molecule has 7 nitrogen and oxygen atoms in total. The van der Waals surface area contributed by atoms with Gasteiger partial charge in [-0.05, 0) is 51.3 Å². The minimum Gasteiger partial charge on any atom is -0.383 e. The van der Waals surface area contributed by atoms with Crippen molar-refractivity contribution in [1.82, 2.24) is 14.5 Å². The van der Waals surface area contributed by atoms with E-state index in [1.165, 1.54) is 6.42 Å². The molecule has 0 aliphatic heterocycles. The lowest BCUT2D eigenvalue weighted by Crippen LogP contribution is -2.42. The Morgan fingerprint density at radius 2 is 1.91 bits per heavy atom. The highest BCUT2D eigenvalue weighted by Gasteiger charge is 2.31. The Kier molecular flexibility index (Phi) is 9.88. The average molecular weight is 457 g/mol. The van der Waals surface area contributed by atoms with Gasteiger partial charge in [0.15, 0.2) is 0 Å². The number of ether oxygens (including phenoxy) is 1. The highest BCUT2D eigenvalue weighted by Crippen LogP contribution is 2.29. The third-order valence-corrected chi connectivity index (χ3v) is 6.84. The molecule has 1 aromatic carbocycles. The SMILES string of the molecule is COCCn1c(C(C)N(CCCCCCN)C(=O)C2CCCCC2)nc2ccccc2c1=O. The predicted molar refractivity (Wildman–Crippen MR) is 132 cm³/mol. The zero-order chi connectivity index (χ0) is 23.6. The van der Waals surface area contributed by atoms with Crippen LogP contribution < -0.4 is 11.3 Å². The van der Waals surface area contributed by atoms with Crippen LogP contribution in [-0.2, 0) is 16.1 Å². The van der Waals surface area contributed by atoms with Crippen molar-refractivity contribution < 1.29 is 9.53 Å². The highest BCUT2D eigenvalue weighted by molar-refractivity contribution is 5.80. The van der Waals surface area contributed by atoms with Crippen LogP contribution in [0.2, 0.25) is 0 Å². The topological polar surface area (TPSA) is 90.4 Å². The van der Waals surface area contributed by atoms with Gasteiger partial charge in [-0.2, -0.15) is 0 Å². The first-order valence-electron chi connectivity index (χ1n) is 12.6. The zero-order valence-electron chi connectivity index (χ0n) is 20.3. The molecule has 0 radical (unpaired) electrons. The maximum Gasteiger partial charge on any atom is 0.261 e. The number of fused-ring (bicyclic) bond motifs is 1. The summed E-state index contributed by atoms with van der Waals surface area (Å²) in [6.07, 6.45) is 9.40. The normalized spacial score (nSPS) is 15.6. The van der Waals surface area contributed by atoms with Gasteiger partial charge in [0.25, 0.3) is 5.56 Å². The number of amides is 1. The second-order valence-electron chi connectivity index (χ2n) is 9.18. The minimum atomic E-state index is -0.289. The maximum atomic E-state index is 13.7. The fraction of sp³-hybridized carbons (Fsp3) is 0.654. The van der Waals surface area contributed by atoms with Crippen LogP contribution in [0.1, 0.15) is 76.6 Å². The summed E-state index contributed by atoms with van der Waals surface area (Å²) in [4.78, 5) is 33.9. The Hall–Kier alpha value is -2.25. The molecule has 1 saturated carbocycles. The van der Waals surface area contributed by atoms with Gasteiger partial charge in [0.2, 0.25) is 5.91 Å². The predicted octanol–water partition coefficient (Wildman–Crippen LogP) is 4.03. The van der Waals surface area contributed by atoms with Crippen molar-refractivity contribution in [3.8, 4) is 0 Å². The van der Waals surface area contributed by atoms with Gasteiger partial charge in [0, 0.05) is 19.6 Å². The van der Waals surface area contributed by atoms with Crippen molar-refractivity contribution in [3.05, 3.63) is 40.4 Å². The summed E-state index contributed by atoms with van der Waals surface area (Å²) >= 11 is 0. The molecule has 2 N–H and O–H groups in total. The number of unbranched alkanes of at least 4 members (excludes halogenated alkanes) is 3. The van der Waals surface area contributed by atoms with Gasteiger partial charge in [0.05, 0.1) is 30.1 Å². The Balaban J connectivity index is 1.94. The van der Waals surface area contributed by atoms with Crippen LogP contribution in [-0.4, -0.2) is 47.2 Å². The van der Waals surface area contributed by atoms with Crippen molar-refractivity contribution in [1.29, 1.82) is 0 Å². The summed E-state index contributed by atoms with van der Waals surface area (Å²) in [6.45, 7) is 4.21. The number of hydrogen-bond donors (Lipinski definition) is 1. The molecule has 1 fully saturated rings. The molecular formula is C26H40N4O3. The molecule has 1 aliphatic rings. The van der Waals surface area contributed by atoms with Gasteiger partial charge in [0.1, 0.15) is 5.82 Å². The van der Waals surface area contributed by atoms with Gasteiger partial charge >= 0.3 is 0 Å². The van der Waals surface area contributed by atoms with Crippen LogP contribution in [0.3, 0.4) is 0 Å². The fourth-order valence-corrected chi connectivity index (χ4v) is 4.90. The molecule has 0 bridgehead atoms. The minimum absolute atomic E-state index is 0.0739. The largest absolute Gasteiger partial charge is 0.383 e. The summed E-state index contributed by atoms with van der Waals surface area (Å²) in [7, 11) is 1.63. The second kappa shape index (κ2) is 12.8. The molecule has 1 atom stereocenters. The lowest BCUT2D eigenvalue weighted by Gasteiger charge is -2.34. The third-order valence-electron chi connectivity index (χ3n) is 6.84. The molecule has 0 saturated heterocycles. The lowest BCUT2D eigenvalue weighted by atomic mass is 9.88. The Morgan fingerprint density at radius 3 is 2.64 bits per heavy atom. The molecule has 0 spiro atoms. The van der Waals surface area contributed by atoms with Crippen molar-refractivity contribution in [3.63, 3.8) is 0 Å². The third kappa shape index (κ3) is 6.42. The molecule has 3 rings (SSSR count). The van der Waals surface area contributed by atoms with Crippen molar-refractivity contribution in [2.75, 3.05) is 26.8 Å². The molecule has 33 heavy (non-hydrogen) atoms. The van der Waals surface area contributed by atoms with E-state index in [9.17, 15) is 9.59 Å². The number of para-hydroxylation sites is 1. The second-order valence-corrected chi connectivity index (χ2v) is 9.18. The summed E-state index contributed by atoms with van der Waals surface area (Å²) in [5.41, 5.74) is 6.24. The number of rotatable bonds is 12. The highest BCUT2D eigenvalue weighted by atomic mass is 16.5. The monoisotopic (exact) mass is 456 g/mol. The van der Waals surface area contributed by atoms with E-state index in [1.54, 1.807) is 11.7 Å². The molecule has 1 unspecified atom stereocenters. The molecule has 7 heteroatoms. The Labute approximate surface area is 197 Å². The number of carbonyl (C=O) groups is 1. The van der Waals surface area contributed by atoms with Crippen LogP contribution in [0, 0.1) is 5.92 Å². The molecule has 182 valence electrons. The first kappa shape index (κ1) is 25.4. The van der Waals surface area contributed by atoms with E-state index >= 15 is 0 Å². The number of benzene rings is 1. The van der Waals surface area contributed by atoms with Crippen molar-refractivity contribution in [2.45, 2.75) is 77.3 Å². The average Bonchev–Trinajstić information content (AvgIpc) is 2.85. The van der Waals surface area contributed by atoms with E-state index in [2.05, 4.69) is 0 Å². The van der Waals surface area contributed by atoms with Crippen LogP contribution in [0.25, 0.3) is 10.9 Å². The fourth-order valence-electron chi connectivity index (χ4n) is 4.90. The van der Waals surface area contributed by atoms with Gasteiger partial charge in [-0.1, -0.05) is 44.2 Å². The van der Waals surface area contributed by atoms with E-state index in [0.29, 0.717) is 43.0 Å². The Bertz CT molecular complexity index is 952. The smallest absolute Gasteiger partial charge is 0.261 e. The lowest BCUT2D eigenvalue weighted by molar-refractivity contribution is -0.139. The summed E-state index contributed by atoms with van der Waals surface area (Å²) in [6, 6.07) is 7.14. The summed E-state index contributed by atoms with van der Waals surface area (Å²) in [5, 5.41) is 0.594. The first-order valence-corrected chi connectivity index (χ1v) is 12.6. The number of hydrogen-bond acceptors (Lipinski definition) is 5. The quantitative estimate of drug-likeness (QED) is 0.487. The summed E-state index contributed by atoms with van der Waals surface area (Å²) < 4.78 is 6.98. The van der Waals surface area contributed by atoms with Gasteiger partial charge < -0.3 is 15.4 Å². The Morgan fingerprint density at radius 1 is 1.18 bits per heavy atom. The van der Waals surface area contributed by atoms with Crippen LogP contribution in [0.4, 0.5) is 0 Å². The number of carbonyl (C=O) groups excluding carboxylic acids is 1. The molecule has 1 aromatic heterocycles. The number of aromatic nitrogens is 2. The standard InChI is InChI=1S/C26H40N4O3/c1-20(24-28-23-15-9-8-14-22(23)26(32)30(24)18-19-33-2)29(17-11-4-3-10-16-27)25(31)21-12-6-5-7-13-21/h8-9,14-15,20-21H,3-7,10-13,16-19,27H2,1-2H3. The maximum absolute atomic E-state index is 13.7. The molecule has 1 amide bonds. The van der Waals surface area contributed by atoms with Gasteiger partial charge in [-0.25, -0.2) is 4.98 Å². The van der Waals surface area contributed by atoms with Crippen molar-refractivity contribution >= 4 is 16.8 Å². The van der Waals surface area contributed by atoms with Crippen LogP contribution in [0.5, 0.6) is 0 Å². The van der Waals surface area contributed by atoms with E-state index in [1.807, 2.05) is 36.1 Å². The molecule has 2 aromatic rings. The van der Waals surface area contributed by atoms with Crippen molar-refractivity contribution in [2.24, 2.45) is 11.7 Å². The molecule has 1 aliphatic carbocycles. The zero-order valence-corrected chi connectivity index (χ0v) is 20.3. The van der Waals surface area contributed by atoms with E-state index in [0.717, 1.165) is 51.4 Å².